The average Bonchev–Trinajstić information content (AvgIpc) is 2.31. The molecular formula is C12H13Cl2NO3. The van der Waals surface area contributed by atoms with Gasteiger partial charge in [0.05, 0.1) is 16.5 Å². The molecule has 1 aromatic rings. The fourth-order valence-electron chi connectivity index (χ4n) is 1.41. The fraction of sp³-hybridized carbons (Fsp3) is 0.333. The SMILES string of the molecule is CCC(CC(=O)O)NC(=O)c1ccc(Cl)c(Cl)c1. The molecule has 2 N–H and O–H groups in total. The van der Waals surface area contributed by atoms with Crippen LogP contribution >= 0.6 is 23.2 Å². The van der Waals surface area contributed by atoms with Gasteiger partial charge in [-0.25, -0.2) is 0 Å². The highest BCUT2D eigenvalue weighted by molar-refractivity contribution is 6.42. The number of hydrogen-bond acceptors (Lipinski definition) is 2. The molecule has 0 saturated carbocycles. The normalized spacial score (nSPS) is 11.9. The summed E-state index contributed by atoms with van der Waals surface area (Å²) in [4.78, 5) is 22.4. The molecule has 0 radical (unpaired) electrons. The van der Waals surface area contributed by atoms with Crippen molar-refractivity contribution in [1.29, 1.82) is 0 Å². The molecule has 18 heavy (non-hydrogen) atoms. The molecule has 1 rings (SSSR count). The third kappa shape index (κ3) is 4.20. The van der Waals surface area contributed by atoms with Crippen molar-refractivity contribution in [1.82, 2.24) is 5.32 Å². The molecule has 98 valence electrons. The Morgan fingerprint density at radius 3 is 2.50 bits per heavy atom. The van der Waals surface area contributed by atoms with E-state index in [2.05, 4.69) is 5.32 Å². The third-order valence-corrected chi connectivity index (χ3v) is 3.17. The smallest absolute Gasteiger partial charge is 0.305 e. The molecule has 1 unspecified atom stereocenters. The zero-order valence-corrected chi connectivity index (χ0v) is 11.3. The summed E-state index contributed by atoms with van der Waals surface area (Å²) in [6.07, 6.45) is 0.433. The minimum absolute atomic E-state index is 0.108. The minimum atomic E-state index is -0.948. The number of carbonyl (C=O) groups is 2. The van der Waals surface area contributed by atoms with Crippen LogP contribution < -0.4 is 5.32 Å². The van der Waals surface area contributed by atoms with E-state index in [4.69, 9.17) is 28.3 Å². The van der Waals surface area contributed by atoms with E-state index >= 15 is 0 Å². The molecule has 0 bridgehead atoms. The topological polar surface area (TPSA) is 66.4 Å². The number of carboxylic acids is 1. The maximum Gasteiger partial charge on any atom is 0.305 e. The monoisotopic (exact) mass is 289 g/mol. The summed E-state index contributed by atoms with van der Waals surface area (Å²) in [6, 6.07) is 4.12. The second-order valence-electron chi connectivity index (χ2n) is 3.81. The molecule has 0 aliphatic carbocycles. The number of benzene rings is 1. The molecule has 4 nitrogen and oxygen atoms in total. The summed E-state index contributed by atoms with van der Waals surface area (Å²) < 4.78 is 0. The van der Waals surface area contributed by atoms with Crippen LogP contribution in [0.3, 0.4) is 0 Å². The van der Waals surface area contributed by atoms with Crippen LogP contribution in [0.25, 0.3) is 0 Å². The van der Waals surface area contributed by atoms with E-state index < -0.39 is 12.0 Å². The fourth-order valence-corrected chi connectivity index (χ4v) is 1.71. The van der Waals surface area contributed by atoms with Gasteiger partial charge in [-0.3, -0.25) is 9.59 Å². The van der Waals surface area contributed by atoms with E-state index in [0.717, 1.165) is 0 Å². The predicted octanol–water partition coefficient (Wildman–Crippen LogP) is 2.98. The number of carboxylic acid groups (broad SMARTS) is 1. The number of rotatable bonds is 5. The Morgan fingerprint density at radius 1 is 1.33 bits per heavy atom. The zero-order valence-electron chi connectivity index (χ0n) is 9.74. The Labute approximate surface area is 115 Å². The molecule has 0 aliphatic heterocycles. The van der Waals surface area contributed by atoms with Gasteiger partial charge in [0.15, 0.2) is 0 Å². The van der Waals surface area contributed by atoms with Gasteiger partial charge in [-0.1, -0.05) is 30.1 Å². The van der Waals surface area contributed by atoms with Gasteiger partial charge >= 0.3 is 5.97 Å². The van der Waals surface area contributed by atoms with Crippen LogP contribution in [0.15, 0.2) is 18.2 Å². The molecule has 0 heterocycles. The van der Waals surface area contributed by atoms with Crippen molar-refractivity contribution in [3.8, 4) is 0 Å². The van der Waals surface area contributed by atoms with Crippen LogP contribution in [0.2, 0.25) is 10.0 Å². The van der Waals surface area contributed by atoms with Crippen molar-refractivity contribution in [2.24, 2.45) is 0 Å². The average molecular weight is 290 g/mol. The Balaban J connectivity index is 2.74. The lowest BCUT2D eigenvalue weighted by atomic mass is 10.1. The lowest BCUT2D eigenvalue weighted by Crippen LogP contribution is -2.36. The number of aliphatic carboxylic acids is 1. The van der Waals surface area contributed by atoms with Crippen molar-refractivity contribution in [3.05, 3.63) is 33.8 Å². The Kier molecular flexibility index (Phi) is 5.44. The molecule has 0 fully saturated rings. The molecule has 0 aromatic heterocycles. The number of halogens is 2. The van der Waals surface area contributed by atoms with Crippen molar-refractivity contribution < 1.29 is 14.7 Å². The molecule has 6 heteroatoms. The van der Waals surface area contributed by atoms with Crippen LogP contribution in [0.4, 0.5) is 0 Å². The first-order valence-corrected chi connectivity index (χ1v) is 6.17. The largest absolute Gasteiger partial charge is 0.481 e. The van der Waals surface area contributed by atoms with Crippen LogP contribution in [-0.4, -0.2) is 23.0 Å². The van der Waals surface area contributed by atoms with Crippen LogP contribution in [-0.2, 0) is 4.79 Å². The highest BCUT2D eigenvalue weighted by Gasteiger charge is 2.15. The second kappa shape index (κ2) is 6.61. The van der Waals surface area contributed by atoms with Crippen molar-refractivity contribution in [3.63, 3.8) is 0 Å². The van der Waals surface area contributed by atoms with Gasteiger partial charge in [-0.2, -0.15) is 0 Å². The van der Waals surface area contributed by atoms with E-state index in [1.165, 1.54) is 18.2 Å². The van der Waals surface area contributed by atoms with Gasteiger partial charge in [0.25, 0.3) is 5.91 Å². The van der Waals surface area contributed by atoms with Gasteiger partial charge < -0.3 is 10.4 Å². The number of nitrogens with one attached hydrogen (secondary N) is 1. The Hall–Kier alpha value is -1.26. The van der Waals surface area contributed by atoms with E-state index in [0.29, 0.717) is 17.0 Å². The highest BCUT2D eigenvalue weighted by Crippen LogP contribution is 2.22. The summed E-state index contributed by atoms with van der Waals surface area (Å²) in [5.74, 6) is -1.31. The second-order valence-corrected chi connectivity index (χ2v) is 4.62. The highest BCUT2D eigenvalue weighted by atomic mass is 35.5. The molecule has 0 saturated heterocycles. The van der Waals surface area contributed by atoms with Crippen molar-refractivity contribution in [2.75, 3.05) is 0 Å². The maximum atomic E-state index is 11.9. The maximum absolute atomic E-state index is 11.9. The standard InChI is InChI=1S/C12H13Cl2NO3/c1-2-8(6-11(16)17)15-12(18)7-3-4-9(13)10(14)5-7/h3-5,8H,2,6H2,1H3,(H,15,18)(H,16,17). The van der Waals surface area contributed by atoms with Gasteiger partial charge in [-0.05, 0) is 24.6 Å². The summed E-state index contributed by atoms with van der Waals surface area (Å²) in [5, 5.41) is 12.0. The van der Waals surface area contributed by atoms with Crippen molar-refractivity contribution in [2.45, 2.75) is 25.8 Å². The summed E-state index contributed by atoms with van der Waals surface area (Å²) >= 11 is 11.6. The first kappa shape index (κ1) is 14.8. The quantitative estimate of drug-likeness (QED) is 0.876. The van der Waals surface area contributed by atoms with Crippen LogP contribution in [0.1, 0.15) is 30.1 Å². The molecule has 1 amide bonds. The van der Waals surface area contributed by atoms with Gasteiger partial charge in [-0.15, -0.1) is 0 Å². The third-order valence-electron chi connectivity index (χ3n) is 2.43. The molecule has 0 spiro atoms. The number of carbonyl (C=O) groups excluding carboxylic acids is 1. The van der Waals surface area contributed by atoms with Crippen LogP contribution in [0.5, 0.6) is 0 Å². The van der Waals surface area contributed by atoms with Crippen LogP contribution in [0, 0.1) is 0 Å². The van der Waals surface area contributed by atoms with E-state index in [1.807, 2.05) is 6.92 Å². The Morgan fingerprint density at radius 2 is 2.00 bits per heavy atom. The van der Waals surface area contributed by atoms with Gasteiger partial charge in [0, 0.05) is 11.6 Å². The zero-order chi connectivity index (χ0) is 13.7. The first-order chi connectivity index (χ1) is 8.43. The summed E-state index contributed by atoms with van der Waals surface area (Å²) in [7, 11) is 0. The van der Waals surface area contributed by atoms with Gasteiger partial charge in [0.1, 0.15) is 0 Å². The number of hydrogen-bond donors (Lipinski definition) is 2. The van der Waals surface area contributed by atoms with E-state index in [-0.39, 0.29) is 17.4 Å². The molecule has 0 aliphatic rings. The molecular weight excluding hydrogens is 277 g/mol. The first-order valence-electron chi connectivity index (χ1n) is 5.41. The predicted molar refractivity (Wildman–Crippen MR) is 70.3 cm³/mol. The lowest BCUT2D eigenvalue weighted by Gasteiger charge is -2.14. The minimum Gasteiger partial charge on any atom is -0.481 e. The Bertz CT molecular complexity index is 463. The van der Waals surface area contributed by atoms with E-state index in [9.17, 15) is 9.59 Å². The summed E-state index contributed by atoms with van der Waals surface area (Å²) in [6.45, 7) is 1.81. The molecule has 1 aromatic carbocycles. The summed E-state index contributed by atoms with van der Waals surface area (Å²) in [5.41, 5.74) is 0.355. The van der Waals surface area contributed by atoms with Gasteiger partial charge in [0.2, 0.25) is 0 Å². The molecule has 1 atom stereocenters. The lowest BCUT2D eigenvalue weighted by molar-refractivity contribution is -0.137. The number of amides is 1. The van der Waals surface area contributed by atoms with E-state index in [1.54, 1.807) is 0 Å². The van der Waals surface area contributed by atoms with Crippen molar-refractivity contribution >= 4 is 35.1 Å².